The molecule has 1 unspecified atom stereocenters. The minimum Gasteiger partial charge on any atom is -0.394 e. The van der Waals surface area contributed by atoms with Gasteiger partial charge in [-0.15, -0.1) is 0 Å². The van der Waals surface area contributed by atoms with Gasteiger partial charge in [0.25, 0.3) is 0 Å². The molecule has 0 aromatic carbocycles. The summed E-state index contributed by atoms with van der Waals surface area (Å²) in [5.41, 5.74) is 0. The van der Waals surface area contributed by atoms with Crippen LogP contribution in [0.4, 0.5) is 4.39 Å². The van der Waals surface area contributed by atoms with Crippen molar-refractivity contribution in [3.05, 3.63) is 0 Å². The lowest BCUT2D eigenvalue weighted by atomic mass is 10.0. The fourth-order valence-electron chi connectivity index (χ4n) is 1.20. The lowest BCUT2D eigenvalue weighted by Gasteiger charge is -2.38. The molecule has 0 saturated carbocycles. The van der Waals surface area contributed by atoms with Crippen molar-refractivity contribution < 1.29 is 44.7 Å². The summed E-state index contributed by atoms with van der Waals surface area (Å²) in [5.74, 6) is 0. The van der Waals surface area contributed by atoms with E-state index in [2.05, 4.69) is 9.26 Å². The topological polar surface area (TPSA) is 137 Å². The smallest absolute Gasteiger partial charge is 0.394 e. The predicted molar refractivity (Wildman–Crippen MR) is 45.8 cm³/mol. The maximum Gasteiger partial charge on any atom is 0.472 e. The minimum atomic E-state index is -5.08. The number of rotatable bonds is 3. The summed E-state index contributed by atoms with van der Waals surface area (Å²) in [6, 6.07) is 0. The van der Waals surface area contributed by atoms with Crippen LogP contribution in [-0.2, 0) is 13.8 Å². The molecule has 0 aromatic rings. The van der Waals surface area contributed by atoms with Crippen LogP contribution in [0.25, 0.3) is 0 Å². The Bertz CT molecular complexity index is 310. The van der Waals surface area contributed by atoms with Crippen molar-refractivity contribution >= 4 is 7.82 Å². The summed E-state index contributed by atoms with van der Waals surface area (Å²) in [6.07, 6.45) is -10.3. The van der Waals surface area contributed by atoms with Gasteiger partial charge in [-0.1, -0.05) is 0 Å². The van der Waals surface area contributed by atoms with Gasteiger partial charge in [0, 0.05) is 0 Å². The number of hydrogen-bond acceptors (Lipinski definition) is 6. The van der Waals surface area contributed by atoms with Gasteiger partial charge in [-0.3, -0.25) is 4.52 Å². The molecule has 0 amide bonds. The van der Waals surface area contributed by atoms with Gasteiger partial charge in [0.2, 0.25) is 6.29 Å². The Morgan fingerprint density at radius 3 is 2.44 bits per heavy atom. The van der Waals surface area contributed by atoms with Crippen molar-refractivity contribution in [1.29, 1.82) is 0 Å². The lowest BCUT2D eigenvalue weighted by molar-refractivity contribution is -0.265. The van der Waals surface area contributed by atoms with Gasteiger partial charge >= 0.3 is 7.82 Å². The molecule has 5 N–H and O–H groups in total. The molecule has 1 heterocycles. The monoisotopic (exact) mass is 264 g/mol. The second-order valence-corrected chi connectivity index (χ2v) is 4.33. The van der Waals surface area contributed by atoms with Crippen LogP contribution in [0.2, 0.25) is 0 Å². The van der Waals surface area contributed by atoms with Crippen LogP contribution in [0.5, 0.6) is 0 Å². The van der Waals surface area contributed by atoms with Gasteiger partial charge in [-0.05, 0) is 0 Å². The molecule has 6 atom stereocenters. The molecule has 1 aliphatic heterocycles. The standard InChI is InChI=1S/C6H12FO8P/c7-3-5(10)4(9)2(1-8)14-6(3)15-16(11,12)13/h2-6,8-10H,1H2,(H2,11,12,13)/t2-,3-,4-,5-,6-/m1/s1/i1T/t1?,2-,3-,4-,5-,6-. The van der Waals surface area contributed by atoms with Crippen LogP contribution in [0.3, 0.4) is 0 Å². The number of phosphoric ester groups is 1. The Hall–Kier alpha value is -0.120. The summed E-state index contributed by atoms with van der Waals surface area (Å²) in [7, 11) is -5.08. The molecule has 0 bridgehead atoms. The van der Waals surface area contributed by atoms with Gasteiger partial charge in [0.1, 0.15) is 18.3 Å². The summed E-state index contributed by atoms with van der Waals surface area (Å²) in [6.45, 7) is -2.03. The predicted octanol–water partition coefficient (Wildman–Crippen LogP) is -2.13. The molecule has 0 spiro atoms. The molecule has 96 valence electrons. The molecular formula is C6H12FO8P. The van der Waals surface area contributed by atoms with Crippen LogP contribution in [0, 0.1) is 0 Å². The van der Waals surface area contributed by atoms with Crippen molar-refractivity contribution in [2.24, 2.45) is 0 Å². The SMILES string of the molecule is [3H]C(O)[C@H]1O[C@H](OP(=O)(O)O)[C@H](F)[C@@H](O)[C@@H]1O. The highest BCUT2D eigenvalue weighted by molar-refractivity contribution is 7.46. The number of hydrogen-bond donors (Lipinski definition) is 5. The number of phosphoric acid groups is 1. The number of aliphatic hydroxyl groups excluding tert-OH is 3. The molecule has 0 aliphatic carbocycles. The second-order valence-electron chi connectivity index (χ2n) is 3.14. The van der Waals surface area contributed by atoms with E-state index in [1.165, 1.54) is 0 Å². The highest BCUT2D eigenvalue weighted by Gasteiger charge is 2.47. The highest BCUT2D eigenvalue weighted by Crippen LogP contribution is 2.41. The first-order valence-corrected chi connectivity index (χ1v) is 5.66. The van der Waals surface area contributed by atoms with Crippen LogP contribution < -0.4 is 0 Å². The minimum absolute atomic E-state index is 1.74. The van der Waals surface area contributed by atoms with E-state index in [1.807, 2.05) is 0 Å². The lowest BCUT2D eigenvalue weighted by Crippen LogP contribution is -2.57. The van der Waals surface area contributed by atoms with E-state index in [1.54, 1.807) is 0 Å². The van der Waals surface area contributed by atoms with Crippen molar-refractivity contribution in [2.45, 2.75) is 30.8 Å². The Morgan fingerprint density at radius 1 is 1.44 bits per heavy atom. The fraction of sp³-hybridized carbons (Fsp3) is 1.00. The normalized spacial score (nSPS) is 43.9. The molecule has 10 heteroatoms. The zero-order valence-electron chi connectivity index (χ0n) is 8.75. The molecule has 0 radical (unpaired) electrons. The fourth-order valence-corrected chi connectivity index (χ4v) is 1.63. The summed E-state index contributed by atoms with van der Waals surface area (Å²) in [5, 5.41) is 27.3. The first kappa shape index (κ1) is 12.3. The average Bonchev–Trinajstić information content (AvgIpc) is 2.16. The average molecular weight is 264 g/mol. The third-order valence-corrected chi connectivity index (χ3v) is 2.43. The molecule has 1 rings (SSSR count). The molecule has 1 saturated heterocycles. The van der Waals surface area contributed by atoms with E-state index in [0.29, 0.717) is 0 Å². The highest BCUT2D eigenvalue weighted by atomic mass is 31.2. The second kappa shape index (κ2) is 5.03. The van der Waals surface area contributed by atoms with Crippen LogP contribution in [0.15, 0.2) is 0 Å². The van der Waals surface area contributed by atoms with E-state index >= 15 is 0 Å². The van der Waals surface area contributed by atoms with Crippen LogP contribution in [-0.4, -0.2) is 62.5 Å². The Labute approximate surface area is 90.9 Å². The molecule has 1 fully saturated rings. The third kappa shape index (κ3) is 3.19. The molecule has 1 aliphatic rings. The van der Waals surface area contributed by atoms with Crippen molar-refractivity contribution in [2.75, 3.05) is 6.58 Å². The largest absolute Gasteiger partial charge is 0.472 e. The van der Waals surface area contributed by atoms with Gasteiger partial charge in [0.05, 0.1) is 7.95 Å². The zero-order chi connectivity index (χ0) is 13.4. The number of ether oxygens (including phenoxy) is 1. The van der Waals surface area contributed by atoms with E-state index in [0.717, 1.165) is 0 Å². The van der Waals surface area contributed by atoms with E-state index in [9.17, 15) is 19.2 Å². The van der Waals surface area contributed by atoms with Crippen molar-refractivity contribution in [3.63, 3.8) is 0 Å². The molecular weight excluding hydrogens is 250 g/mol. The summed E-state index contributed by atoms with van der Waals surface area (Å²) < 4.78 is 39.0. The van der Waals surface area contributed by atoms with Gasteiger partial charge in [-0.2, -0.15) is 0 Å². The van der Waals surface area contributed by atoms with E-state index in [-0.39, 0.29) is 0 Å². The number of aliphatic hydroxyl groups is 3. The zero-order valence-corrected chi connectivity index (χ0v) is 8.64. The first-order chi connectivity index (χ1) is 7.63. The summed E-state index contributed by atoms with van der Waals surface area (Å²) in [4.78, 5) is 16.9. The van der Waals surface area contributed by atoms with Crippen LogP contribution >= 0.6 is 7.82 Å². The van der Waals surface area contributed by atoms with E-state index in [4.69, 9.17) is 16.3 Å². The number of halogens is 1. The Balaban J connectivity index is 2.82. The molecule has 8 nitrogen and oxygen atoms in total. The Kier molecular flexibility index (Phi) is 3.88. The van der Waals surface area contributed by atoms with E-state index < -0.39 is 45.2 Å². The summed E-state index contributed by atoms with van der Waals surface area (Å²) >= 11 is 0. The number of alkyl halides is 1. The molecule has 0 aromatic heterocycles. The third-order valence-electron chi connectivity index (χ3n) is 1.95. The maximum absolute atomic E-state index is 13.3. The quantitative estimate of drug-likeness (QED) is 0.365. The Morgan fingerprint density at radius 2 is 2.00 bits per heavy atom. The van der Waals surface area contributed by atoms with Gasteiger partial charge in [0.15, 0.2) is 6.17 Å². The molecule has 16 heavy (non-hydrogen) atoms. The van der Waals surface area contributed by atoms with Crippen molar-refractivity contribution in [3.8, 4) is 0 Å². The first-order valence-electron chi connectivity index (χ1n) is 4.71. The van der Waals surface area contributed by atoms with Crippen molar-refractivity contribution in [1.82, 2.24) is 0 Å². The van der Waals surface area contributed by atoms with Crippen LogP contribution in [0.1, 0.15) is 1.37 Å². The van der Waals surface area contributed by atoms with Gasteiger partial charge in [-0.25, -0.2) is 8.96 Å². The maximum atomic E-state index is 13.3. The van der Waals surface area contributed by atoms with Gasteiger partial charge < -0.3 is 29.8 Å².